The lowest BCUT2D eigenvalue weighted by Gasteiger charge is -2.11. The molecule has 0 spiro atoms. The molecule has 114 valence electrons. The van der Waals surface area contributed by atoms with Gasteiger partial charge in [-0.3, -0.25) is 14.6 Å². The van der Waals surface area contributed by atoms with Gasteiger partial charge < -0.3 is 0 Å². The standard InChI is InChI=1S/C16H9ClN2O2S2/c17-12-5-3-10(4-6-12)8-13-15(21)19(16(22)23-13)14(20)11-2-1-7-18-9-11/h1-9H/b13-8-. The predicted octanol–water partition coefficient (Wildman–Crippen LogP) is 3.78. The molecule has 4 nitrogen and oxygen atoms in total. The van der Waals surface area contributed by atoms with Crippen molar-refractivity contribution in [3.05, 3.63) is 69.8 Å². The Hall–Kier alpha value is -2.02. The fourth-order valence-corrected chi connectivity index (χ4v) is 3.35. The van der Waals surface area contributed by atoms with Crippen LogP contribution in [0.25, 0.3) is 6.08 Å². The first-order valence-corrected chi connectivity index (χ1v) is 8.14. The van der Waals surface area contributed by atoms with E-state index in [1.165, 1.54) is 6.20 Å². The molecule has 0 saturated carbocycles. The van der Waals surface area contributed by atoms with Crippen molar-refractivity contribution in [2.45, 2.75) is 0 Å². The summed E-state index contributed by atoms with van der Waals surface area (Å²) >= 11 is 12.1. The molecule has 1 aromatic carbocycles. The van der Waals surface area contributed by atoms with Crippen LogP contribution in [-0.4, -0.2) is 26.0 Å². The highest BCUT2D eigenvalue weighted by atomic mass is 35.5. The normalized spacial score (nSPS) is 16.2. The van der Waals surface area contributed by atoms with Crippen molar-refractivity contribution in [3.63, 3.8) is 0 Å². The molecule has 3 rings (SSSR count). The third-order valence-corrected chi connectivity index (χ3v) is 4.63. The van der Waals surface area contributed by atoms with Crippen LogP contribution in [0.5, 0.6) is 0 Å². The first-order chi connectivity index (χ1) is 11.1. The summed E-state index contributed by atoms with van der Waals surface area (Å²) in [6.07, 6.45) is 4.65. The van der Waals surface area contributed by atoms with E-state index in [2.05, 4.69) is 4.98 Å². The molecule has 0 bridgehead atoms. The van der Waals surface area contributed by atoms with Crippen LogP contribution in [0.1, 0.15) is 15.9 Å². The van der Waals surface area contributed by atoms with Crippen molar-refractivity contribution in [1.82, 2.24) is 9.88 Å². The van der Waals surface area contributed by atoms with Crippen LogP contribution >= 0.6 is 35.6 Å². The molecule has 0 atom stereocenters. The first kappa shape index (κ1) is 15.9. The number of imide groups is 1. The van der Waals surface area contributed by atoms with Gasteiger partial charge in [0.25, 0.3) is 11.8 Å². The Labute approximate surface area is 147 Å². The van der Waals surface area contributed by atoms with E-state index in [9.17, 15) is 9.59 Å². The van der Waals surface area contributed by atoms with Crippen LogP contribution < -0.4 is 0 Å². The molecular weight excluding hydrogens is 352 g/mol. The van der Waals surface area contributed by atoms with Gasteiger partial charge in [0.2, 0.25) is 0 Å². The van der Waals surface area contributed by atoms with Gasteiger partial charge in [-0.25, -0.2) is 4.90 Å². The number of carbonyl (C=O) groups is 2. The number of thioether (sulfide) groups is 1. The van der Waals surface area contributed by atoms with Crippen molar-refractivity contribution >= 4 is 57.8 Å². The van der Waals surface area contributed by atoms with Crippen molar-refractivity contribution < 1.29 is 9.59 Å². The highest BCUT2D eigenvalue weighted by Crippen LogP contribution is 2.33. The van der Waals surface area contributed by atoms with Crippen LogP contribution in [0.3, 0.4) is 0 Å². The van der Waals surface area contributed by atoms with E-state index in [0.717, 1.165) is 22.2 Å². The average Bonchev–Trinajstić information content (AvgIpc) is 2.84. The average molecular weight is 361 g/mol. The molecule has 1 aliphatic rings. The monoisotopic (exact) mass is 360 g/mol. The molecule has 1 aliphatic heterocycles. The second-order valence-electron chi connectivity index (χ2n) is 4.62. The maximum atomic E-state index is 12.5. The molecular formula is C16H9ClN2O2S2. The number of carbonyl (C=O) groups excluding carboxylic acids is 2. The second kappa shape index (κ2) is 6.62. The van der Waals surface area contributed by atoms with Gasteiger partial charge in [0.05, 0.1) is 10.5 Å². The summed E-state index contributed by atoms with van der Waals surface area (Å²) in [6, 6.07) is 10.3. The van der Waals surface area contributed by atoms with Crippen LogP contribution in [0.4, 0.5) is 0 Å². The molecule has 1 aromatic heterocycles. The zero-order valence-electron chi connectivity index (χ0n) is 11.6. The minimum atomic E-state index is -0.472. The maximum Gasteiger partial charge on any atom is 0.273 e. The van der Waals surface area contributed by atoms with E-state index >= 15 is 0 Å². The lowest BCUT2D eigenvalue weighted by Crippen LogP contribution is -2.34. The molecule has 0 N–H and O–H groups in total. The van der Waals surface area contributed by atoms with Gasteiger partial charge in [-0.15, -0.1) is 0 Å². The quantitative estimate of drug-likeness (QED) is 0.463. The smallest absolute Gasteiger partial charge is 0.268 e. The van der Waals surface area contributed by atoms with E-state index in [-0.39, 0.29) is 4.32 Å². The maximum absolute atomic E-state index is 12.5. The van der Waals surface area contributed by atoms with Crippen molar-refractivity contribution in [2.75, 3.05) is 0 Å². The molecule has 1 fully saturated rings. The number of amides is 2. The van der Waals surface area contributed by atoms with E-state index in [4.69, 9.17) is 23.8 Å². The molecule has 0 aliphatic carbocycles. The van der Waals surface area contributed by atoms with Crippen LogP contribution in [-0.2, 0) is 4.79 Å². The predicted molar refractivity (Wildman–Crippen MR) is 95.0 cm³/mol. The Morgan fingerprint density at radius 1 is 1.26 bits per heavy atom. The molecule has 0 radical (unpaired) electrons. The molecule has 0 unspecified atom stereocenters. The number of halogens is 1. The highest BCUT2D eigenvalue weighted by molar-refractivity contribution is 8.26. The van der Waals surface area contributed by atoms with Crippen molar-refractivity contribution in [1.29, 1.82) is 0 Å². The number of hydrogen-bond donors (Lipinski definition) is 0. The number of pyridine rings is 1. The Balaban J connectivity index is 1.88. The number of thiocarbonyl (C=S) groups is 1. The second-order valence-corrected chi connectivity index (χ2v) is 6.73. The molecule has 2 amide bonds. The number of benzene rings is 1. The van der Waals surface area contributed by atoms with Gasteiger partial charge >= 0.3 is 0 Å². The summed E-state index contributed by atoms with van der Waals surface area (Å²) in [5.74, 6) is -0.899. The molecule has 2 aromatic rings. The summed E-state index contributed by atoms with van der Waals surface area (Å²) in [7, 11) is 0. The summed E-state index contributed by atoms with van der Waals surface area (Å²) in [5, 5.41) is 0.612. The van der Waals surface area contributed by atoms with Gasteiger partial charge in [-0.05, 0) is 35.9 Å². The fraction of sp³-hybridized carbons (Fsp3) is 0. The van der Waals surface area contributed by atoms with E-state index in [1.807, 2.05) is 0 Å². The summed E-state index contributed by atoms with van der Waals surface area (Å²) in [4.78, 5) is 30.2. The van der Waals surface area contributed by atoms with Crippen molar-refractivity contribution in [2.24, 2.45) is 0 Å². The van der Waals surface area contributed by atoms with Gasteiger partial charge in [0.15, 0.2) is 4.32 Å². The summed E-state index contributed by atoms with van der Waals surface area (Å²) < 4.78 is 0.212. The topological polar surface area (TPSA) is 50.3 Å². The van der Waals surface area contributed by atoms with Crippen molar-refractivity contribution in [3.8, 4) is 0 Å². The number of aromatic nitrogens is 1. The minimum Gasteiger partial charge on any atom is -0.268 e. The third-order valence-electron chi connectivity index (χ3n) is 3.07. The molecule has 2 heterocycles. The fourth-order valence-electron chi connectivity index (χ4n) is 1.97. The van der Waals surface area contributed by atoms with E-state index < -0.39 is 11.8 Å². The Morgan fingerprint density at radius 3 is 2.65 bits per heavy atom. The minimum absolute atomic E-state index is 0.212. The third kappa shape index (κ3) is 3.34. The summed E-state index contributed by atoms with van der Waals surface area (Å²) in [6.45, 7) is 0. The van der Waals surface area contributed by atoms with Crippen LogP contribution in [0.2, 0.25) is 5.02 Å². The van der Waals surface area contributed by atoms with Gasteiger partial charge in [0, 0.05) is 17.4 Å². The van der Waals surface area contributed by atoms with Gasteiger partial charge in [-0.2, -0.15) is 0 Å². The van der Waals surface area contributed by atoms with Gasteiger partial charge in [0.1, 0.15) is 0 Å². The Bertz CT molecular complexity index is 820. The van der Waals surface area contributed by atoms with Crippen LogP contribution in [0.15, 0.2) is 53.7 Å². The Morgan fingerprint density at radius 2 is 2.00 bits per heavy atom. The SMILES string of the molecule is O=C1/C(=C/c2ccc(Cl)cc2)SC(=S)N1C(=O)c1cccnc1. The largest absolute Gasteiger partial charge is 0.273 e. The Kier molecular flexibility index (Phi) is 4.56. The molecule has 7 heteroatoms. The lowest BCUT2D eigenvalue weighted by molar-refractivity contribution is -0.120. The number of nitrogens with zero attached hydrogens (tertiary/aromatic N) is 2. The highest BCUT2D eigenvalue weighted by Gasteiger charge is 2.37. The summed E-state index contributed by atoms with van der Waals surface area (Å²) in [5.41, 5.74) is 1.13. The first-order valence-electron chi connectivity index (χ1n) is 6.54. The zero-order chi connectivity index (χ0) is 16.4. The lowest BCUT2D eigenvalue weighted by atomic mass is 10.2. The van der Waals surface area contributed by atoms with Gasteiger partial charge in [-0.1, -0.05) is 47.7 Å². The van der Waals surface area contributed by atoms with Crippen LogP contribution in [0, 0.1) is 0 Å². The molecule has 1 saturated heterocycles. The van der Waals surface area contributed by atoms with E-state index in [0.29, 0.717) is 15.5 Å². The molecule has 23 heavy (non-hydrogen) atoms. The zero-order valence-corrected chi connectivity index (χ0v) is 14.0. The number of rotatable bonds is 2. The number of hydrogen-bond acceptors (Lipinski definition) is 5. The van der Waals surface area contributed by atoms with E-state index in [1.54, 1.807) is 48.7 Å².